The molecule has 10 heteroatoms. The molecular formula is C25H21ClFN5O3. The molecule has 2 heterocycles. The minimum Gasteiger partial charge on any atom is -0.350 e. The van der Waals surface area contributed by atoms with Crippen LogP contribution < -0.4 is 16.6 Å². The van der Waals surface area contributed by atoms with Gasteiger partial charge in [0.2, 0.25) is 5.69 Å². The lowest BCUT2D eigenvalue weighted by Gasteiger charge is -2.13. The van der Waals surface area contributed by atoms with Crippen molar-refractivity contribution < 1.29 is 9.18 Å². The molecule has 1 amide bonds. The van der Waals surface area contributed by atoms with Crippen LogP contribution in [-0.2, 0) is 13.0 Å². The number of carbonyl (C=O) groups excluding carboxylic acids is 1. The van der Waals surface area contributed by atoms with E-state index in [-0.39, 0.29) is 24.3 Å². The molecule has 0 atom stereocenters. The van der Waals surface area contributed by atoms with Crippen LogP contribution in [0.15, 0.2) is 76.4 Å². The fourth-order valence-electron chi connectivity index (χ4n) is 3.41. The van der Waals surface area contributed by atoms with Gasteiger partial charge in [-0.3, -0.25) is 19.1 Å². The molecule has 0 fully saturated rings. The molecule has 4 rings (SSSR count). The molecule has 2 aromatic heterocycles. The lowest BCUT2D eigenvalue weighted by atomic mass is 10.2. The van der Waals surface area contributed by atoms with Gasteiger partial charge in [-0.2, -0.15) is 9.78 Å². The van der Waals surface area contributed by atoms with E-state index in [1.54, 1.807) is 37.4 Å². The van der Waals surface area contributed by atoms with Gasteiger partial charge >= 0.3 is 5.69 Å². The van der Waals surface area contributed by atoms with Crippen molar-refractivity contribution in [3.63, 3.8) is 0 Å². The normalized spacial score (nSPS) is 10.8. The summed E-state index contributed by atoms with van der Waals surface area (Å²) in [6.07, 6.45) is 2.08. The zero-order valence-electron chi connectivity index (χ0n) is 18.7. The summed E-state index contributed by atoms with van der Waals surface area (Å²) < 4.78 is 16.0. The second-order valence-electron chi connectivity index (χ2n) is 7.79. The number of amides is 1. The van der Waals surface area contributed by atoms with Gasteiger partial charge in [0.1, 0.15) is 5.82 Å². The monoisotopic (exact) mass is 493 g/mol. The van der Waals surface area contributed by atoms with E-state index in [0.717, 1.165) is 20.5 Å². The van der Waals surface area contributed by atoms with E-state index in [4.69, 9.17) is 11.6 Å². The van der Waals surface area contributed by atoms with Crippen molar-refractivity contribution in [3.05, 3.63) is 121 Å². The molecule has 178 valence electrons. The molecule has 0 aliphatic carbocycles. The van der Waals surface area contributed by atoms with Crippen LogP contribution in [0.1, 0.15) is 27.3 Å². The van der Waals surface area contributed by atoms with Gasteiger partial charge < -0.3 is 5.32 Å². The summed E-state index contributed by atoms with van der Waals surface area (Å²) in [5.41, 5.74) is -0.346. The van der Waals surface area contributed by atoms with Crippen LogP contribution in [0.2, 0.25) is 5.02 Å². The van der Waals surface area contributed by atoms with Crippen LogP contribution in [0, 0.1) is 12.7 Å². The van der Waals surface area contributed by atoms with Gasteiger partial charge in [-0.1, -0.05) is 41.9 Å². The molecule has 0 aliphatic rings. The fourth-order valence-corrected chi connectivity index (χ4v) is 3.58. The molecular weight excluding hydrogens is 473 g/mol. The van der Waals surface area contributed by atoms with Gasteiger partial charge in [-0.15, -0.1) is 0 Å². The molecule has 2 aromatic carbocycles. The Morgan fingerprint density at radius 2 is 1.86 bits per heavy atom. The van der Waals surface area contributed by atoms with E-state index in [0.29, 0.717) is 11.4 Å². The maximum absolute atomic E-state index is 14.3. The predicted octanol–water partition coefficient (Wildman–Crippen LogP) is 2.91. The zero-order valence-corrected chi connectivity index (χ0v) is 19.5. The molecule has 0 spiro atoms. The first-order valence-electron chi connectivity index (χ1n) is 10.8. The second-order valence-corrected chi connectivity index (χ2v) is 8.19. The van der Waals surface area contributed by atoms with Gasteiger partial charge in [0.25, 0.3) is 11.5 Å². The highest BCUT2D eigenvalue weighted by atomic mass is 35.5. The summed E-state index contributed by atoms with van der Waals surface area (Å²) in [5, 5.41) is 7.07. The Bertz CT molecular complexity index is 1500. The third kappa shape index (κ3) is 5.36. The van der Waals surface area contributed by atoms with Gasteiger partial charge in [0, 0.05) is 35.4 Å². The van der Waals surface area contributed by atoms with E-state index in [1.165, 1.54) is 24.3 Å². The first kappa shape index (κ1) is 24.0. The molecule has 0 saturated carbocycles. The standard InChI is InChI=1S/C25H21ClFN5O3/c1-16-9-10-19(14-20(16)26)32-25(35)31(15-17-6-2-3-8-21(17)27)24(34)22(30-32)23(33)29-13-11-18-7-4-5-12-28-18/h2-10,12,14H,11,13,15H2,1H3,(H,29,33). The summed E-state index contributed by atoms with van der Waals surface area (Å²) in [4.78, 5) is 43.5. The third-order valence-electron chi connectivity index (χ3n) is 5.35. The number of hydrogen-bond acceptors (Lipinski definition) is 5. The largest absolute Gasteiger partial charge is 0.352 e. The Morgan fingerprint density at radius 1 is 1.09 bits per heavy atom. The van der Waals surface area contributed by atoms with E-state index in [1.807, 2.05) is 12.1 Å². The predicted molar refractivity (Wildman–Crippen MR) is 130 cm³/mol. The number of aromatic nitrogens is 4. The van der Waals surface area contributed by atoms with Crippen molar-refractivity contribution in [3.8, 4) is 5.69 Å². The van der Waals surface area contributed by atoms with Crippen LogP contribution in [0.4, 0.5) is 4.39 Å². The summed E-state index contributed by atoms with van der Waals surface area (Å²) in [7, 11) is 0. The quantitative estimate of drug-likeness (QED) is 0.427. The highest BCUT2D eigenvalue weighted by molar-refractivity contribution is 6.31. The molecule has 4 aromatic rings. The summed E-state index contributed by atoms with van der Waals surface area (Å²) in [6, 6.07) is 16.0. The van der Waals surface area contributed by atoms with Crippen LogP contribution in [-0.4, -0.2) is 31.8 Å². The maximum Gasteiger partial charge on any atom is 0.352 e. The number of benzene rings is 2. The van der Waals surface area contributed by atoms with Crippen molar-refractivity contribution in [1.82, 2.24) is 24.6 Å². The summed E-state index contributed by atoms with van der Waals surface area (Å²) >= 11 is 6.22. The van der Waals surface area contributed by atoms with E-state index < -0.39 is 28.7 Å². The van der Waals surface area contributed by atoms with Gasteiger partial charge in [0.05, 0.1) is 12.2 Å². The van der Waals surface area contributed by atoms with Crippen molar-refractivity contribution in [1.29, 1.82) is 0 Å². The highest BCUT2D eigenvalue weighted by Gasteiger charge is 2.21. The van der Waals surface area contributed by atoms with E-state index in [2.05, 4.69) is 15.4 Å². The molecule has 0 bridgehead atoms. The fraction of sp³-hybridized carbons (Fsp3) is 0.160. The molecule has 35 heavy (non-hydrogen) atoms. The van der Waals surface area contributed by atoms with Gasteiger partial charge in [0.15, 0.2) is 0 Å². The minimum atomic E-state index is -0.928. The molecule has 8 nitrogen and oxygen atoms in total. The number of hydrogen-bond donors (Lipinski definition) is 1. The smallest absolute Gasteiger partial charge is 0.350 e. The van der Waals surface area contributed by atoms with Gasteiger partial charge in [-0.05, 0) is 42.8 Å². The number of pyridine rings is 1. The molecule has 0 unspecified atom stereocenters. The maximum atomic E-state index is 14.3. The van der Waals surface area contributed by atoms with E-state index in [9.17, 15) is 18.8 Å². The zero-order chi connectivity index (χ0) is 24.9. The Labute approximate surface area is 204 Å². The lowest BCUT2D eigenvalue weighted by molar-refractivity contribution is 0.0944. The Morgan fingerprint density at radius 3 is 2.57 bits per heavy atom. The van der Waals surface area contributed by atoms with Crippen molar-refractivity contribution >= 4 is 17.5 Å². The van der Waals surface area contributed by atoms with Gasteiger partial charge in [-0.25, -0.2) is 9.18 Å². The van der Waals surface area contributed by atoms with Crippen molar-refractivity contribution in [2.45, 2.75) is 19.9 Å². The van der Waals surface area contributed by atoms with Crippen LogP contribution in [0.3, 0.4) is 0 Å². The van der Waals surface area contributed by atoms with Crippen LogP contribution in [0.5, 0.6) is 0 Å². The number of nitrogens with one attached hydrogen (secondary N) is 1. The summed E-state index contributed by atoms with van der Waals surface area (Å²) in [5.74, 6) is -1.35. The summed E-state index contributed by atoms with van der Waals surface area (Å²) in [6.45, 7) is 1.61. The SMILES string of the molecule is Cc1ccc(-n2nc(C(=O)NCCc3ccccn3)c(=O)n(Cc3ccccc3F)c2=O)cc1Cl. The average Bonchev–Trinajstić information content (AvgIpc) is 2.85. The average molecular weight is 494 g/mol. The van der Waals surface area contributed by atoms with Crippen molar-refractivity contribution in [2.75, 3.05) is 6.54 Å². The number of halogens is 2. The Hall–Kier alpha value is -4.11. The first-order valence-corrected chi connectivity index (χ1v) is 11.1. The van der Waals surface area contributed by atoms with Crippen LogP contribution >= 0.6 is 11.6 Å². The molecule has 0 saturated heterocycles. The number of carbonyl (C=O) groups is 1. The van der Waals surface area contributed by atoms with E-state index >= 15 is 0 Å². The number of aryl methyl sites for hydroxylation is 1. The molecule has 0 radical (unpaired) electrons. The lowest BCUT2D eigenvalue weighted by Crippen LogP contribution is -2.46. The third-order valence-corrected chi connectivity index (χ3v) is 5.76. The van der Waals surface area contributed by atoms with Crippen molar-refractivity contribution in [2.24, 2.45) is 0 Å². The van der Waals surface area contributed by atoms with Crippen LogP contribution in [0.25, 0.3) is 5.69 Å². The highest BCUT2D eigenvalue weighted by Crippen LogP contribution is 2.18. The minimum absolute atomic E-state index is 0.118. The number of rotatable bonds is 7. The second kappa shape index (κ2) is 10.4. The number of nitrogens with zero attached hydrogens (tertiary/aromatic N) is 4. The first-order chi connectivity index (χ1) is 16.8. The molecule has 1 N–H and O–H groups in total. The topological polar surface area (TPSA) is 98.9 Å². The molecule has 0 aliphatic heterocycles. The Balaban J connectivity index is 1.75. The Kier molecular flexibility index (Phi) is 7.17.